The van der Waals surface area contributed by atoms with Gasteiger partial charge in [0.15, 0.2) is 0 Å². The highest BCUT2D eigenvalue weighted by Crippen LogP contribution is 2.24. The summed E-state index contributed by atoms with van der Waals surface area (Å²) in [6, 6.07) is 18.9. The van der Waals surface area contributed by atoms with E-state index in [4.69, 9.17) is 4.52 Å². The Morgan fingerprint density at radius 3 is 2.14 bits per heavy atom. The fourth-order valence-electron chi connectivity index (χ4n) is 2.67. The molecule has 0 aliphatic carbocycles. The second-order valence-corrected chi connectivity index (χ2v) is 8.11. The van der Waals surface area contributed by atoms with E-state index in [1.54, 1.807) is 24.3 Å². The molecule has 4 rings (SSSR count). The van der Waals surface area contributed by atoms with E-state index < -0.39 is 15.8 Å². The fourth-order valence-corrected chi connectivity index (χ4v) is 3.73. The molecule has 0 saturated carbocycles. The molecule has 29 heavy (non-hydrogen) atoms. The van der Waals surface area contributed by atoms with Gasteiger partial charge in [0.05, 0.1) is 4.90 Å². The molecule has 0 aliphatic heterocycles. The zero-order valence-corrected chi connectivity index (χ0v) is 16.2. The van der Waals surface area contributed by atoms with Gasteiger partial charge in [-0.3, -0.25) is 4.72 Å². The summed E-state index contributed by atoms with van der Waals surface area (Å²) in [5.41, 5.74) is 2.99. The Bertz CT molecular complexity index is 1230. The van der Waals surface area contributed by atoms with Gasteiger partial charge in [0.1, 0.15) is 5.82 Å². The Labute approximate surface area is 167 Å². The van der Waals surface area contributed by atoms with Crippen molar-refractivity contribution in [3.63, 3.8) is 0 Å². The first-order valence-corrected chi connectivity index (χ1v) is 10.2. The van der Waals surface area contributed by atoms with E-state index in [0.29, 0.717) is 23.0 Å². The lowest BCUT2D eigenvalue weighted by atomic mass is 10.1. The van der Waals surface area contributed by atoms with Gasteiger partial charge in [-0.25, -0.2) is 12.8 Å². The summed E-state index contributed by atoms with van der Waals surface area (Å²) in [7, 11) is -3.81. The lowest BCUT2D eigenvalue weighted by Gasteiger charge is -2.08. The Hall–Kier alpha value is -3.52. The molecular weight excluding hydrogens is 393 g/mol. The van der Waals surface area contributed by atoms with Crippen LogP contribution in [0.1, 0.15) is 5.56 Å². The summed E-state index contributed by atoms with van der Waals surface area (Å²) in [4.78, 5) is 4.36. The number of nitrogens with zero attached hydrogens (tertiary/aromatic N) is 2. The van der Waals surface area contributed by atoms with Crippen LogP contribution < -0.4 is 4.72 Å². The van der Waals surface area contributed by atoms with Crippen LogP contribution in [0.3, 0.4) is 0 Å². The minimum Gasteiger partial charge on any atom is -0.334 e. The van der Waals surface area contributed by atoms with E-state index in [9.17, 15) is 12.8 Å². The average molecular weight is 409 g/mol. The first kappa shape index (κ1) is 18.8. The number of nitrogens with one attached hydrogen (secondary N) is 1. The summed E-state index contributed by atoms with van der Waals surface area (Å²) in [6.07, 6.45) is 0. The molecule has 8 heteroatoms. The summed E-state index contributed by atoms with van der Waals surface area (Å²) in [5, 5.41) is 3.99. The molecule has 6 nitrogen and oxygen atoms in total. The highest BCUT2D eigenvalue weighted by molar-refractivity contribution is 7.92. The Balaban J connectivity index is 1.52. The highest BCUT2D eigenvalue weighted by atomic mass is 32.2. The lowest BCUT2D eigenvalue weighted by Crippen LogP contribution is -2.12. The molecule has 0 fully saturated rings. The number of rotatable bonds is 5. The average Bonchev–Trinajstić information content (AvgIpc) is 3.19. The molecule has 4 aromatic rings. The standard InChI is InChI=1S/C21H16FN3O3S/c1-14-2-4-16(5-3-14)21-23-20(24-28-21)15-6-10-18(11-7-15)25-29(26,27)19-12-8-17(22)9-13-19/h2-13,25H,1H3. The summed E-state index contributed by atoms with van der Waals surface area (Å²) in [6.45, 7) is 1.99. The van der Waals surface area contributed by atoms with Crippen LogP contribution in [-0.2, 0) is 10.0 Å². The fraction of sp³-hybridized carbons (Fsp3) is 0.0476. The molecule has 0 atom stereocenters. The van der Waals surface area contributed by atoms with Crippen LogP contribution in [0.4, 0.5) is 10.1 Å². The second kappa shape index (κ2) is 7.48. The molecular formula is C21H16FN3O3S. The largest absolute Gasteiger partial charge is 0.334 e. The molecule has 1 aromatic heterocycles. The van der Waals surface area contributed by atoms with Gasteiger partial charge in [0.2, 0.25) is 5.82 Å². The normalized spacial score (nSPS) is 11.4. The number of sulfonamides is 1. The first-order valence-electron chi connectivity index (χ1n) is 8.70. The highest BCUT2D eigenvalue weighted by Gasteiger charge is 2.15. The van der Waals surface area contributed by atoms with Crippen LogP contribution in [0, 0.1) is 12.7 Å². The third-order valence-electron chi connectivity index (χ3n) is 4.24. The van der Waals surface area contributed by atoms with Crippen molar-refractivity contribution >= 4 is 15.7 Å². The maximum Gasteiger partial charge on any atom is 0.261 e. The van der Waals surface area contributed by atoms with Crippen LogP contribution in [0.25, 0.3) is 22.8 Å². The molecule has 3 aromatic carbocycles. The maximum absolute atomic E-state index is 13.0. The number of benzene rings is 3. The smallest absolute Gasteiger partial charge is 0.261 e. The van der Waals surface area contributed by atoms with Crippen molar-refractivity contribution < 1.29 is 17.3 Å². The van der Waals surface area contributed by atoms with Crippen molar-refractivity contribution in [3.8, 4) is 22.8 Å². The van der Waals surface area contributed by atoms with Gasteiger partial charge in [-0.2, -0.15) is 4.98 Å². The number of anilines is 1. The van der Waals surface area contributed by atoms with Gasteiger partial charge >= 0.3 is 0 Å². The predicted octanol–water partition coefficient (Wildman–Crippen LogP) is 4.65. The molecule has 0 bridgehead atoms. The van der Waals surface area contributed by atoms with Gasteiger partial charge in [-0.1, -0.05) is 22.9 Å². The van der Waals surface area contributed by atoms with Crippen molar-refractivity contribution in [2.75, 3.05) is 4.72 Å². The molecule has 1 heterocycles. The molecule has 0 amide bonds. The zero-order valence-electron chi connectivity index (χ0n) is 15.3. The van der Waals surface area contributed by atoms with Crippen LogP contribution in [-0.4, -0.2) is 18.6 Å². The SMILES string of the molecule is Cc1ccc(-c2nc(-c3ccc(NS(=O)(=O)c4ccc(F)cc4)cc3)no2)cc1. The van der Waals surface area contributed by atoms with Crippen molar-refractivity contribution in [2.24, 2.45) is 0 Å². The van der Waals surface area contributed by atoms with Crippen molar-refractivity contribution in [1.29, 1.82) is 0 Å². The molecule has 0 radical (unpaired) electrons. The van der Waals surface area contributed by atoms with E-state index >= 15 is 0 Å². The Kier molecular flexibility index (Phi) is 4.85. The molecule has 0 unspecified atom stereocenters. The molecule has 1 N–H and O–H groups in total. The van der Waals surface area contributed by atoms with Crippen LogP contribution >= 0.6 is 0 Å². The molecule has 146 valence electrons. The van der Waals surface area contributed by atoms with Gasteiger partial charge in [0.25, 0.3) is 15.9 Å². The van der Waals surface area contributed by atoms with Crippen molar-refractivity contribution in [2.45, 2.75) is 11.8 Å². The summed E-state index contributed by atoms with van der Waals surface area (Å²) >= 11 is 0. The first-order chi connectivity index (χ1) is 13.9. The second-order valence-electron chi connectivity index (χ2n) is 6.43. The van der Waals surface area contributed by atoms with Crippen molar-refractivity contribution in [3.05, 3.63) is 84.2 Å². The lowest BCUT2D eigenvalue weighted by molar-refractivity contribution is 0.432. The van der Waals surface area contributed by atoms with Gasteiger partial charge in [0, 0.05) is 16.8 Å². The van der Waals surface area contributed by atoms with Crippen LogP contribution in [0.2, 0.25) is 0 Å². The van der Waals surface area contributed by atoms with Crippen molar-refractivity contribution in [1.82, 2.24) is 10.1 Å². The Morgan fingerprint density at radius 1 is 0.862 bits per heavy atom. The van der Waals surface area contributed by atoms with E-state index in [0.717, 1.165) is 23.3 Å². The van der Waals surface area contributed by atoms with Crippen LogP contribution in [0.15, 0.2) is 82.2 Å². The van der Waals surface area contributed by atoms with Gasteiger partial charge in [-0.05, 0) is 67.6 Å². The topological polar surface area (TPSA) is 85.1 Å². The van der Waals surface area contributed by atoms with E-state index in [2.05, 4.69) is 14.9 Å². The zero-order chi connectivity index (χ0) is 20.4. The van der Waals surface area contributed by atoms with E-state index in [-0.39, 0.29) is 4.90 Å². The minimum atomic E-state index is -3.81. The third kappa shape index (κ3) is 4.17. The monoisotopic (exact) mass is 409 g/mol. The van der Waals surface area contributed by atoms with Gasteiger partial charge in [-0.15, -0.1) is 0 Å². The number of aromatic nitrogens is 2. The number of hydrogen-bond donors (Lipinski definition) is 1. The molecule has 0 spiro atoms. The third-order valence-corrected chi connectivity index (χ3v) is 5.64. The van der Waals surface area contributed by atoms with Crippen LogP contribution in [0.5, 0.6) is 0 Å². The molecule has 0 aliphatic rings. The quantitative estimate of drug-likeness (QED) is 0.519. The summed E-state index contributed by atoms with van der Waals surface area (Å²) < 4.78 is 45.5. The predicted molar refractivity (Wildman–Crippen MR) is 107 cm³/mol. The van der Waals surface area contributed by atoms with E-state index in [1.807, 2.05) is 31.2 Å². The summed E-state index contributed by atoms with van der Waals surface area (Å²) in [5.74, 6) is 0.299. The van der Waals surface area contributed by atoms with E-state index in [1.165, 1.54) is 12.1 Å². The minimum absolute atomic E-state index is 0.0242. The molecule has 0 saturated heterocycles. The maximum atomic E-state index is 13.0. The number of hydrogen-bond acceptors (Lipinski definition) is 5. The number of halogens is 1. The Morgan fingerprint density at radius 2 is 1.48 bits per heavy atom. The van der Waals surface area contributed by atoms with Gasteiger partial charge < -0.3 is 4.52 Å². The number of aryl methyl sites for hydroxylation is 1.